The largest absolute Gasteiger partial charge is 0.369 e. The maximum atomic E-state index is 11.8. The summed E-state index contributed by atoms with van der Waals surface area (Å²) in [6, 6.07) is 4.96. The molecule has 3 N–H and O–H groups in total. The third-order valence-corrected chi connectivity index (χ3v) is 3.08. The molecule has 0 radical (unpaired) electrons. The van der Waals surface area contributed by atoms with Gasteiger partial charge in [-0.25, -0.2) is 9.59 Å². The van der Waals surface area contributed by atoms with Crippen LogP contribution in [0.3, 0.4) is 0 Å². The zero-order valence-electron chi connectivity index (χ0n) is 10.4. The Kier molecular flexibility index (Phi) is 2.59. The van der Waals surface area contributed by atoms with E-state index in [9.17, 15) is 9.59 Å². The van der Waals surface area contributed by atoms with Gasteiger partial charge in [-0.2, -0.15) is 4.98 Å². The standard InChI is InChI=1S/C12H13N5O2/c1-13-11(18)15-7-2-3-9-8(6-7)10-14-4-5-17(10)12(19)16-9/h2-3,6,14H,4-5H2,1H3,(H2,13,15,18). The monoisotopic (exact) mass is 259 g/mol. The Morgan fingerprint density at radius 3 is 3.11 bits per heavy atom. The fourth-order valence-electron chi connectivity index (χ4n) is 2.18. The molecule has 0 spiro atoms. The number of nitrogens with one attached hydrogen (secondary N) is 3. The molecule has 0 unspecified atom stereocenters. The first-order valence-corrected chi connectivity index (χ1v) is 5.96. The topological polar surface area (TPSA) is 88.1 Å². The molecule has 2 heterocycles. The highest BCUT2D eigenvalue weighted by atomic mass is 16.2. The molecular weight excluding hydrogens is 246 g/mol. The number of fused-ring (bicyclic) bond motifs is 3. The molecule has 98 valence electrons. The van der Waals surface area contributed by atoms with Gasteiger partial charge < -0.3 is 16.0 Å². The second-order valence-electron chi connectivity index (χ2n) is 4.26. The highest BCUT2D eigenvalue weighted by molar-refractivity contribution is 5.96. The Bertz CT molecular complexity index is 722. The minimum Gasteiger partial charge on any atom is -0.369 e. The zero-order valence-corrected chi connectivity index (χ0v) is 10.4. The lowest BCUT2D eigenvalue weighted by molar-refractivity contribution is 0.254. The Labute approximate surface area is 108 Å². The summed E-state index contributed by atoms with van der Waals surface area (Å²) in [5.74, 6) is 0.760. The first-order chi connectivity index (χ1) is 9.19. The van der Waals surface area contributed by atoms with Crippen molar-refractivity contribution < 1.29 is 4.79 Å². The van der Waals surface area contributed by atoms with Crippen molar-refractivity contribution in [1.29, 1.82) is 0 Å². The van der Waals surface area contributed by atoms with Crippen molar-refractivity contribution in [2.24, 2.45) is 0 Å². The molecule has 0 bridgehead atoms. The van der Waals surface area contributed by atoms with Crippen LogP contribution in [0.25, 0.3) is 10.9 Å². The number of nitrogens with zero attached hydrogens (tertiary/aromatic N) is 2. The predicted molar refractivity (Wildman–Crippen MR) is 72.6 cm³/mol. The van der Waals surface area contributed by atoms with Crippen molar-refractivity contribution >= 4 is 28.4 Å². The third-order valence-electron chi connectivity index (χ3n) is 3.08. The van der Waals surface area contributed by atoms with Crippen LogP contribution in [0.2, 0.25) is 0 Å². The first-order valence-electron chi connectivity index (χ1n) is 5.96. The SMILES string of the molecule is CNC(=O)Nc1ccc2nc(=O)n3c(c2c1)NCC3. The third kappa shape index (κ3) is 1.88. The van der Waals surface area contributed by atoms with Gasteiger partial charge in [-0.3, -0.25) is 4.57 Å². The van der Waals surface area contributed by atoms with E-state index in [4.69, 9.17) is 0 Å². The number of rotatable bonds is 1. The average molecular weight is 259 g/mol. The van der Waals surface area contributed by atoms with Gasteiger partial charge in [0.1, 0.15) is 5.82 Å². The van der Waals surface area contributed by atoms with E-state index in [1.165, 1.54) is 0 Å². The van der Waals surface area contributed by atoms with Crippen LogP contribution in [0.5, 0.6) is 0 Å². The van der Waals surface area contributed by atoms with Crippen LogP contribution < -0.4 is 21.6 Å². The molecule has 0 atom stereocenters. The Morgan fingerprint density at radius 2 is 2.32 bits per heavy atom. The predicted octanol–water partition coefficient (Wildman–Crippen LogP) is 0.573. The smallest absolute Gasteiger partial charge is 0.349 e. The number of hydrogen-bond donors (Lipinski definition) is 3. The minimum absolute atomic E-state index is 0.250. The summed E-state index contributed by atoms with van der Waals surface area (Å²) in [5.41, 5.74) is 1.02. The molecule has 1 aromatic heterocycles. The van der Waals surface area contributed by atoms with Crippen LogP contribution in [-0.2, 0) is 6.54 Å². The number of carbonyl (C=O) groups excluding carboxylic acids is 1. The summed E-state index contributed by atoms with van der Waals surface area (Å²) >= 11 is 0. The second kappa shape index (κ2) is 4.27. The number of carbonyl (C=O) groups is 1. The fraction of sp³-hybridized carbons (Fsp3) is 0.250. The lowest BCUT2D eigenvalue weighted by Crippen LogP contribution is -2.24. The van der Waals surface area contributed by atoms with Crippen molar-refractivity contribution in [2.75, 3.05) is 24.2 Å². The normalized spacial score (nSPS) is 12.9. The van der Waals surface area contributed by atoms with E-state index >= 15 is 0 Å². The highest BCUT2D eigenvalue weighted by Gasteiger charge is 2.16. The molecule has 0 saturated carbocycles. The molecular formula is C12H13N5O2. The molecule has 7 nitrogen and oxygen atoms in total. The molecule has 7 heteroatoms. The molecule has 0 fully saturated rings. The van der Waals surface area contributed by atoms with E-state index in [0.717, 1.165) is 11.2 Å². The highest BCUT2D eigenvalue weighted by Crippen LogP contribution is 2.25. The lowest BCUT2D eigenvalue weighted by atomic mass is 10.2. The van der Waals surface area contributed by atoms with Gasteiger partial charge in [-0.15, -0.1) is 0 Å². The van der Waals surface area contributed by atoms with Gasteiger partial charge in [-0.1, -0.05) is 0 Å². The van der Waals surface area contributed by atoms with Crippen LogP contribution in [0, 0.1) is 0 Å². The number of hydrogen-bond acceptors (Lipinski definition) is 4. The number of amides is 2. The second-order valence-corrected chi connectivity index (χ2v) is 4.26. The van der Waals surface area contributed by atoms with Crippen LogP contribution >= 0.6 is 0 Å². The summed E-state index contributed by atoms with van der Waals surface area (Å²) in [6.45, 7) is 1.33. The van der Waals surface area contributed by atoms with Crippen molar-refractivity contribution in [1.82, 2.24) is 14.9 Å². The van der Waals surface area contributed by atoms with Gasteiger partial charge in [0.25, 0.3) is 0 Å². The van der Waals surface area contributed by atoms with Gasteiger partial charge in [0, 0.05) is 31.2 Å². The molecule has 2 amide bonds. The Hall–Kier alpha value is -2.57. The molecule has 2 aromatic rings. The van der Waals surface area contributed by atoms with Crippen LogP contribution in [0.1, 0.15) is 0 Å². The van der Waals surface area contributed by atoms with Crippen molar-refractivity contribution in [2.45, 2.75) is 6.54 Å². The van der Waals surface area contributed by atoms with Crippen LogP contribution in [-0.4, -0.2) is 29.2 Å². The van der Waals surface area contributed by atoms with Crippen molar-refractivity contribution in [3.63, 3.8) is 0 Å². The average Bonchev–Trinajstić information content (AvgIpc) is 2.89. The van der Waals surface area contributed by atoms with Crippen LogP contribution in [0.15, 0.2) is 23.0 Å². The summed E-state index contributed by atoms with van der Waals surface area (Å²) in [6.07, 6.45) is 0. The number of aromatic nitrogens is 2. The van der Waals surface area contributed by atoms with E-state index < -0.39 is 0 Å². The molecule has 1 aromatic carbocycles. The summed E-state index contributed by atoms with van der Waals surface area (Å²) < 4.78 is 1.60. The van der Waals surface area contributed by atoms with E-state index in [1.807, 2.05) is 0 Å². The van der Waals surface area contributed by atoms with Crippen molar-refractivity contribution in [3.8, 4) is 0 Å². The van der Waals surface area contributed by atoms with E-state index in [2.05, 4.69) is 20.9 Å². The number of benzene rings is 1. The van der Waals surface area contributed by atoms with Gasteiger partial charge in [0.15, 0.2) is 0 Å². The van der Waals surface area contributed by atoms with Crippen LogP contribution in [0.4, 0.5) is 16.3 Å². The molecule has 1 aliphatic heterocycles. The number of anilines is 2. The van der Waals surface area contributed by atoms with E-state index in [1.54, 1.807) is 29.8 Å². The quantitative estimate of drug-likeness (QED) is 0.698. The molecule has 0 saturated heterocycles. The van der Waals surface area contributed by atoms with Gasteiger partial charge in [0.2, 0.25) is 0 Å². The fourth-order valence-corrected chi connectivity index (χ4v) is 2.18. The summed E-state index contributed by atoms with van der Waals surface area (Å²) in [5, 5.41) is 9.18. The van der Waals surface area contributed by atoms with Gasteiger partial charge in [0.05, 0.1) is 5.52 Å². The Balaban J connectivity index is 2.15. The van der Waals surface area contributed by atoms with Crippen molar-refractivity contribution in [3.05, 3.63) is 28.7 Å². The van der Waals surface area contributed by atoms with Gasteiger partial charge >= 0.3 is 11.7 Å². The number of urea groups is 1. The summed E-state index contributed by atoms with van der Waals surface area (Å²) in [7, 11) is 1.55. The zero-order chi connectivity index (χ0) is 13.4. The van der Waals surface area contributed by atoms with E-state index in [-0.39, 0.29) is 11.7 Å². The molecule has 0 aliphatic carbocycles. The molecule has 1 aliphatic rings. The minimum atomic E-state index is -0.287. The molecule has 19 heavy (non-hydrogen) atoms. The van der Waals surface area contributed by atoms with E-state index in [0.29, 0.717) is 24.3 Å². The molecule has 3 rings (SSSR count). The van der Waals surface area contributed by atoms with Gasteiger partial charge in [-0.05, 0) is 18.2 Å². The lowest BCUT2D eigenvalue weighted by Gasteiger charge is -2.09. The summed E-state index contributed by atoms with van der Waals surface area (Å²) in [4.78, 5) is 27.1. The maximum absolute atomic E-state index is 11.8. The first kappa shape index (κ1) is 11.5. The maximum Gasteiger partial charge on any atom is 0.349 e. The Morgan fingerprint density at radius 1 is 1.47 bits per heavy atom.